The zero-order chi connectivity index (χ0) is 10.8. The smallest absolute Gasteiger partial charge is 0.0329 e. The first-order chi connectivity index (χ1) is 6.52. The van der Waals surface area contributed by atoms with Crippen molar-refractivity contribution in [2.75, 3.05) is 13.1 Å². The molecule has 0 aromatic heterocycles. The van der Waals surface area contributed by atoms with E-state index in [-0.39, 0.29) is 5.54 Å². The van der Waals surface area contributed by atoms with Crippen LogP contribution in [0.5, 0.6) is 0 Å². The van der Waals surface area contributed by atoms with Crippen LogP contribution in [0.4, 0.5) is 0 Å². The summed E-state index contributed by atoms with van der Waals surface area (Å²) in [6.07, 6.45) is 4.06. The highest BCUT2D eigenvalue weighted by molar-refractivity contribution is 4.94. The van der Waals surface area contributed by atoms with Crippen LogP contribution in [-0.2, 0) is 0 Å². The molecule has 0 aromatic rings. The normalized spacial score (nSPS) is 29.1. The molecule has 0 radical (unpaired) electrons. The second-order valence-electron chi connectivity index (χ2n) is 5.25. The van der Waals surface area contributed by atoms with Gasteiger partial charge in [0.2, 0.25) is 0 Å². The van der Waals surface area contributed by atoms with Crippen LogP contribution in [0.25, 0.3) is 0 Å². The van der Waals surface area contributed by atoms with Gasteiger partial charge in [-0.3, -0.25) is 4.90 Å². The fourth-order valence-electron chi connectivity index (χ4n) is 2.54. The summed E-state index contributed by atoms with van der Waals surface area (Å²) in [7, 11) is 0. The Hall–Kier alpha value is -0.0800. The number of rotatable bonds is 3. The molecule has 0 aliphatic carbocycles. The van der Waals surface area contributed by atoms with E-state index in [0.717, 1.165) is 6.54 Å². The third-order valence-electron chi connectivity index (χ3n) is 4.12. The molecule has 2 atom stereocenters. The first-order valence-electron chi connectivity index (χ1n) is 5.99. The number of piperidine rings is 1. The minimum absolute atomic E-state index is 0.194. The van der Waals surface area contributed by atoms with Gasteiger partial charge in [0.25, 0.3) is 0 Å². The molecule has 1 rings (SSSR count). The van der Waals surface area contributed by atoms with Crippen LogP contribution in [0.15, 0.2) is 0 Å². The topological polar surface area (TPSA) is 29.3 Å². The van der Waals surface area contributed by atoms with E-state index in [9.17, 15) is 0 Å². The molecule has 2 heteroatoms. The van der Waals surface area contributed by atoms with Crippen LogP contribution in [0.1, 0.15) is 47.0 Å². The van der Waals surface area contributed by atoms with Gasteiger partial charge in [-0.25, -0.2) is 0 Å². The lowest BCUT2D eigenvalue weighted by Gasteiger charge is -2.49. The van der Waals surface area contributed by atoms with Gasteiger partial charge >= 0.3 is 0 Å². The Bertz CT molecular complexity index is 179. The monoisotopic (exact) mass is 198 g/mol. The molecule has 84 valence electrons. The fourth-order valence-corrected chi connectivity index (χ4v) is 2.54. The lowest BCUT2D eigenvalue weighted by molar-refractivity contribution is 0.0108. The van der Waals surface area contributed by atoms with Crippen molar-refractivity contribution in [1.29, 1.82) is 0 Å². The maximum Gasteiger partial charge on any atom is 0.0329 e. The van der Waals surface area contributed by atoms with Gasteiger partial charge in [0, 0.05) is 18.1 Å². The van der Waals surface area contributed by atoms with Crippen LogP contribution in [0, 0.1) is 5.92 Å². The molecule has 0 amide bonds. The molecule has 1 heterocycles. The molecular formula is C12H26N2. The van der Waals surface area contributed by atoms with Gasteiger partial charge in [-0.05, 0) is 39.2 Å². The van der Waals surface area contributed by atoms with Crippen LogP contribution < -0.4 is 5.73 Å². The van der Waals surface area contributed by atoms with E-state index in [0.29, 0.717) is 12.0 Å². The summed E-state index contributed by atoms with van der Waals surface area (Å²) in [5.74, 6) is 0.632. The van der Waals surface area contributed by atoms with Gasteiger partial charge in [-0.15, -0.1) is 0 Å². The minimum Gasteiger partial charge on any atom is -0.329 e. The molecule has 1 saturated heterocycles. The van der Waals surface area contributed by atoms with E-state index in [4.69, 9.17) is 5.73 Å². The summed E-state index contributed by atoms with van der Waals surface area (Å²) in [4.78, 5) is 2.63. The Labute approximate surface area is 88.8 Å². The van der Waals surface area contributed by atoms with Crippen molar-refractivity contribution in [2.24, 2.45) is 11.7 Å². The number of likely N-dealkylation sites (tertiary alicyclic amines) is 1. The molecule has 2 nitrogen and oxygen atoms in total. The van der Waals surface area contributed by atoms with Crippen LogP contribution in [-0.4, -0.2) is 29.6 Å². The third kappa shape index (κ3) is 2.12. The molecule has 1 aliphatic heterocycles. The number of nitrogens with two attached hydrogens (primary N) is 1. The number of nitrogens with zero attached hydrogens (tertiary/aromatic N) is 1. The average molecular weight is 198 g/mol. The predicted molar refractivity (Wildman–Crippen MR) is 62.3 cm³/mol. The summed E-state index contributed by atoms with van der Waals surface area (Å²) < 4.78 is 0. The molecule has 14 heavy (non-hydrogen) atoms. The Morgan fingerprint density at radius 1 is 1.43 bits per heavy atom. The fraction of sp³-hybridized carbons (Fsp3) is 1.00. The summed E-state index contributed by atoms with van der Waals surface area (Å²) in [5.41, 5.74) is 6.15. The lowest BCUT2D eigenvalue weighted by atomic mass is 9.83. The molecule has 0 spiro atoms. The van der Waals surface area contributed by atoms with E-state index in [1.165, 1.54) is 25.8 Å². The molecule has 1 aliphatic rings. The number of hydrogen-bond donors (Lipinski definition) is 1. The molecular weight excluding hydrogens is 172 g/mol. The first kappa shape index (κ1) is 12.0. The second kappa shape index (κ2) is 4.63. The van der Waals surface area contributed by atoms with Crippen molar-refractivity contribution in [1.82, 2.24) is 4.90 Å². The quantitative estimate of drug-likeness (QED) is 0.753. The van der Waals surface area contributed by atoms with Gasteiger partial charge in [0.15, 0.2) is 0 Å². The van der Waals surface area contributed by atoms with Crippen LogP contribution >= 0.6 is 0 Å². The molecule has 0 bridgehead atoms. The summed E-state index contributed by atoms with van der Waals surface area (Å²) in [6, 6.07) is 0.708. The zero-order valence-electron chi connectivity index (χ0n) is 10.2. The van der Waals surface area contributed by atoms with E-state index < -0.39 is 0 Å². The minimum atomic E-state index is 0.194. The van der Waals surface area contributed by atoms with Crippen molar-refractivity contribution >= 4 is 0 Å². The molecule has 0 aromatic carbocycles. The van der Waals surface area contributed by atoms with Crippen molar-refractivity contribution in [2.45, 2.75) is 58.5 Å². The predicted octanol–water partition coefficient (Wildman–Crippen LogP) is 2.23. The number of hydrogen-bond acceptors (Lipinski definition) is 2. The highest BCUT2D eigenvalue weighted by Gasteiger charge is 2.37. The summed E-state index contributed by atoms with van der Waals surface area (Å²) in [5, 5.41) is 0. The molecule has 1 fully saturated rings. The van der Waals surface area contributed by atoms with Gasteiger partial charge in [-0.2, -0.15) is 0 Å². The Kier molecular flexibility index (Phi) is 3.96. The maximum atomic E-state index is 5.96. The Morgan fingerprint density at radius 3 is 2.50 bits per heavy atom. The standard InChI is InChI=1S/C12H26N2/c1-10(2)12(4,9-13)14-8-6-5-7-11(14)3/h10-11H,5-9,13H2,1-4H3. The van der Waals surface area contributed by atoms with Crippen molar-refractivity contribution in [3.63, 3.8) is 0 Å². The Balaban J connectivity index is 2.76. The summed E-state index contributed by atoms with van der Waals surface area (Å²) in [6.45, 7) is 11.2. The van der Waals surface area contributed by atoms with E-state index in [1.54, 1.807) is 0 Å². The Morgan fingerprint density at radius 2 is 2.07 bits per heavy atom. The zero-order valence-corrected chi connectivity index (χ0v) is 10.2. The highest BCUT2D eigenvalue weighted by Crippen LogP contribution is 2.30. The van der Waals surface area contributed by atoms with Gasteiger partial charge in [-0.1, -0.05) is 20.3 Å². The first-order valence-corrected chi connectivity index (χ1v) is 5.99. The van der Waals surface area contributed by atoms with Crippen LogP contribution in [0.3, 0.4) is 0 Å². The second-order valence-corrected chi connectivity index (χ2v) is 5.25. The molecule has 0 saturated carbocycles. The van der Waals surface area contributed by atoms with Crippen LogP contribution in [0.2, 0.25) is 0 Å². The largest absolute Gasteiger partial charge is 0.329 e. The van der Waals surface area contributed by atoms with E-state index in [1.807, 2.05) is 0 Å². The van der Waals surface area contributed by atoms with Crippen molar-refractivity contribution in [3.8, 4) is 0 Å². The lowest BCUT2D eigenvalue weighted by Crippen LogP contribution is -2.59. The third-order valence-corrected chi connectivity index (χ3v) is 4.12. The van der Waals surface area contributed by atoms with Gasteiger partial charge < -0.3 is 5.73 Å². The van der Waals surface area contributed by atoms with Gasteiger partial charge in [0.05, 0.1) is 0 Å². The van der Waals surface area contributed by atoms with E-state index in [2.05, 4.69) is 32.6 Å². The molecule has 2 unspecified atom stereocenters. The van der Waals surface area contributed by atoms with Gasteiger partial charge in [0.1, 0.15) is 0 Å². The maximum absolute atomic E-state index is 5.96. The average Bonchev–Trinajstić information content (AvgIpc) is 2.17. The van der Waals surface area contributed by atoms with Crippen molar-refractivity contribution < 1.29 is 0 Å². The van der Waals surface area contributed by atoms with E-state index >= 15 is 0 Å². The SMILES string of the molecule is CC1CCCCN1C(C)(CN)C(C)C. The summed E-state index contributed by atoms with van der Waals surface area (Å²) >= 11 is 0. The highest BCUT2D eigenvalue weighted by atomic mass is 15.2. The van der Waals surface area contributed by atoms with Crippen molar-refractivity contribution in [3.05, 3.63) is 0 Å². The molecule has 2 N–H and O–H groups in total.